The van der Waals surface area contributed by atoms with E-state index in [4.69, 9.17) is 10.1 Å². The van der Waals surface area contributed by atoms with Crippen LogP contribution in [0.5, 0.6) is 0 Å². The molecular weight excluding hydrogens is 326 g/mol. The highest BCUT2D eigenvalue weighted by molar-refractivity contribution is 7.99. The van der Waals surface area contributed by atoms with Gasteiger partial charge in [0.05, 0.1) is 10.6 Å². The largest absolute Gasteiger partial charge is 0.396 e. The number of rotatable bonds is 8. The van der Waals surface area contributed by atoms with E-state index >= 15 is 0 Å². The van der Waals surface area contributed by atoms with Crippen molar-refractivity contribution in [3.05, 3.63) is 45.9 Å². The fourth-order valence-electron chi connectivity index (χ4n) is 2.51. The van der Waals surface area contributed by atoms with Crippen molar-refractivity contribution in [3.8, 4) is 0 Å². The molecule has 1 N–H and O–H groups in total. The molecule has 130 valence electrons. The Kier molecular flexibility index (Phi) is 6.39. The van der Waals surface area contributed by atoms with Crippen LogP contribution in [0.1, 0.15) is 44.6 Å². The minimum atomic E-state index is -0.378. The second-order valence-corrected chi connectivity index (χ2v) is 6.86. The molecule has 2 rings (SSSR count). The molecule has 1 heterocycles. The normalized spacial score (nSPS) is 11.2. The van der Waals surface area contributed by atoms with Crippen molar-refractivity contribution in [1.82, 2.24) is 9.55 Å². The zero-order chi connectivity index (χ0) is 17.7. The Bertz CT molecular complexity index is 713. The number of benzene rings is 1. The monoisotopic (exact) mass is 349 g/mol. The lowest BCUT2D eigenvalue weighted by Gasteiger charge is -2.11. The van der Waals surface area contributed by atoms with Gasteiger partial charge in [0.25, 0.3) is 5.69 Å². The molecule has 24 heavy (non-hydrogen) atoms. The number of nitrogens with zero attached hydrogens (tertiary/aromatic N) is 3. The van der Waals surface area contributed by atoms with Crippen LogP contribution in [0.3, 0.4) is 0 Å². The number of nitro groups is 1. The first-order valence-electron chi connectivity index (χ1n) is 8.10. The van der Waals surface area contributed by atoms with Crippen molar-refractivity contribution in [2.75, 3.05) is 6.61 Å². The van der Waals surface area contributed by atoms with Gasteiger partial charge < -0.3 is 9.67 Å². The van der Waals surface area contributed by atoms with E-state index in [1.807, 2.05) is 6.07 Å². The van der Waals surface area contributed by atoms with Crippen molar-refractivity contribution >= 4 is 17.4 Å². The summed E-state index contributed by atoms with van der Waals surface area (Å²) in [5.74, 6) is 1.22. The molecule has 0 radical (unpaired) electrons. The third-order valence-corrected chi connectivity index (χ3v) is 4.80. The predicted molar refractivity (Wildman–Crippen MR) is 94.6 cm³/mol. The van der Waals surface area contributed by atoms with Crippen LogP contribution in [0, 0.1) is 10.1 Å². The maximum Gasteiger partial charge on any atom is 0.270 e. The van der Waals surface area contributed by atoms with Gasteiger partial charge in [-0.2, -0.15) is 0 Å². The van der Waals surface area contributed by atoms with Crippen LogP contribution in [-0.4, -0.2) is 26.2 Å². The zero-order valence-electron chi connectivity index (χ0n) is 14.2. The molecule has 7 heteroatoms. The second-order valence-electron chi connectivity index (χ2n) is 5.80. The molecule has 0 saturated heterocycles. The summed E-state index contributed by atoms with van der Waals surface area (Å²) in [6.07, 6.45) is 1.40. The minimum Gasteiger partial charge on any atom is -0.396 e. The first kappa shape index (κ1) is 18.5. The molecule has 0 aliphatic rings. The van der Waals surface area contributed by atoms with E-state index in [-0.39, 0.29) is 23.1 Å². The Morgan fingerprint density at radius 1 is 1.42 bits per heavy atom. The molecule has 6 nitrogen and oxygen atoms in total. The molecule has 1 aromatic carbocycles. The molecule has 0 aliphatic carbocycles. The van der Waals surface area contributed by atoms with Crippen LogP contribution in [0.2, 0.25) is 0 Å². The van der Waals surface area contributed by atoms with E-state index in [9.17, 15) is 10.1 Å². The van der Waals surface area contributed by atoms with Gasteiger partial charge in [-0.05, 0) is 25.3 Å². The first-order valence-corrected chi connectivity index (χ1v) is 8.92. The number of imidazole rings is 1. The van der Waals surface area contributed by atoms with E-state index in [0.717, 1.165) is 34.4 Å². The zero-order valence-corrected chi connectivity index (χ0v) is 15.0. The van der Waals surface area contributed by atoms with Crippen molar-refractivity contribution in [3.63, 3.8) is 0 Å². The molecule has 2 aromatic rings. The van der Waals surface area contributed by atoms with Gasteiger partial charge in [-0.15, -0.1) is 0 Å². The summed E-state index contributed by atoms with van der Waals surface area (Å²) >= 11 is 1.51. The smallest absolute Gasteiger partial charge is 0.270 e. The van der Waals surface area contributed by atoms with Crippen LogP contribution in [0.25, 0.3) is 0 Å². The summed E-state index contributed by atoms with van der Waals surface area (Å²) in [6, 6.07) is 6.67. The summed E-state index contributed by atoms with van der Waals surface area (Å²) in [4.78, 5) is 16.2. The third kappa shape index (κ3) is 4.15. The highest BCUT2D eigenvalue weighted by atomic mass is 32.2. The fraction of sp³-hybridized carbons (Fsp3) is 0.471. The Labute approximate surface area is 146 Å². The van der Waals surface area contributed by atoms with Crippen LogP contribution >= 0.6 is 11.8 Å². The van der Waals surface area contributed by atoms with Crippen molar-refractivity contribution in [2.45, 2.75) is 56.0 Å². The predicted octanol–water partition coefficient (Wildman–Crippen LogP) is 4.01. The van der Waals surface area contributed by atoms with E-state index in [1.54, 1.807) is 12.1 Å². The number of hydrogen-bond acceptors (Lipinski definition) is 5. The maximum absolute atomic E-state index is 11.0. The summed E-state index contributed by atoms with van der Waals surface area (Å²) in [6.45, 7) is 7.16. The summed E-state index contributed by atoms with van der Waals surface area (Å²) in [5, 5.41) is 21.1. The minimum absolute atomic E-state index is 0.0918. The number of aliphatic hydroxyl groups is 1. The molecule has 0 bridgehead atoms. The first-order chi connectivity index (χ1) is 11.5. The summed E-state index contributed by atoms with van der Waals surface area (Å²) in [7, 11) is 0. The quantitative estimate of drug-likeness (QED) is 0.575. The number of aryl methyl sites for hydroxylation is 1. The van der Waals surface area contributed by atoms with E-state index < -0.39 is 0 Å². The molecule has 0 unspecified atom stereocenters. The maximum atomic E-state index is 11.0. The van der Waals surface area contributed by atoms with Crippen molar-refractivity contribution < 1.29 is 10.0 Å². The summed E-state index contributed by atoms with van der Waals surface area (Å²) in [5.41, 5.74) is 1.09. The molecule has 0 fully saturated rings. The van der Waals surface area contributed by atoms with Gasteiger partial charge in [0.2, 0.25) is 0 Å². The van der Waals surface area contributed by atoms with E-state index in [2.05, 4.69) is 25.3 Å². The van der Waals surface area contributed by atoms with E-state index in [0.29, 0.717) is 6.42 Å². The number of aromatic nitrogens is 2. The van der Waals surface area contributed by atoms with Crippen LogP contribution in [0.15, 0.2) is 34.2 Å². The summed E-state index contributed by atoms with van der Waals surface area (Å²) < 4.78 is 2.15. The third-order valence-electron chi connectivity index (χ3n) is 3.69. The van der Waals surface area contributed by atoms with Gasteiger partial charge in [-0.1, -0.05) is 31.7 Å². The molecule has 0 amide bonds. The van der Waals surface area contributed by atoms with Gasteiger partial charge in [-0.3, -0.25) is 10.1 Å². The lowest BCUT2D eigenvalue weighted by atomic mass is 10.1. The number of nitro benzene ring substituents is 1. The molecular formula is C17H23N3O3S. The lowest BCUT2D eigenvalue weighted by Crippen LogP contribution is -2.04. The Balaban J connectivity index is 2.42. The van der Waals surface area contributed by atoms with Crippen molar-refractivity contribution in [1.29, 1.82) is 0 Å². The molecule has 0 saturated carbocycles. The lowest BCUT2D eigenvalue weighted by molar-refractivity contribution is -0.385. The highest BCUT2D eigenvalue weighted by Gasteiger charge is 2.20. The van der Waals surface area contributed by atoms with Gasteiger partial charge in [0.15, 0.2) is 0 Å². The number of aliphatic hydroxyl groups excluding tert-OH is 1. The van der Waals surface area contributed by atoms with Crippen LogP contribution in [-0.2, 0) is 13.0 Å². The number of non-ortho nitro benzene ring substituents is 1. The second kappa shape index (κ2) is 8.30. The average molecular weight is 349 g/mol. The Morgan fingerprint density at radius 3 is 2.75 bits per heavy atom. The molecule has 0 spiro atoms. The average Bonchev–Trinajstić information content (AvgIpc) is 2.90. The Morgan fingerprint density at radius 2 is 2.17 bits per heavy atom. The van der Waals surface area contributed by atoms with Gasteiger partial charge in [-0.25, -0.2) is 4.98 Å². The molecule has 1 aromatic heterocycles. The standard InChI is InChI=1S/C17H23N3O3S/c1-4-19-15(9-6-10-21)18-16(12(2)3)17(19)24-14-8-5-7-13(11-14)20(22)23/h5,7-8,11-12,21H,4,6,9-10H2,1-3H3. The molecule has 0 aliphatic heterocycles. The SMILES string of the molecule is CCn1c(CCCO)nc(C(C)C)c1Sc1cccc([N+](=O)[O-])c1. The van der Waals surface area contributed by atoms with Gasteiger partial charge >= 0.3 is 0 Å². The Hall–Kier alpha value is -1.86. The van der Waals surface area contributed by atoms with Crippen LogP contribution < -0.4 is 0 Å². The van der Waals surface area contributed by atoms with Crippen LogP contribution in [0.4, 0.5) is 5.69 Å². The van der Waals surface area contributed by atoms with E-state index in [1.165, 1.54) is 17.8 Å². The topological polar surface area (TPSA) is 81.2 Å². The van der Waals surface area contributed by atoms with Gasteiger partial charge in [0.1, 0.15) is 10.9 Å². The number of hydrogen-bond donors (Lipinski definition) is 1. The fourth-order valence-corrected chi connectivity index (χ4v) is 3.79. The highest BCUT2D eigenvalue weighted by Crippen LogP contribution is 2.36. The van der Waals surface area contributed by atoms with Gasteiger partial charge in [0, 0.05) is 36.6 Å². The van der Waals surface area contributed by atoms with Crippen molar-refractivity contribution in [2.24, 2.45) is 0 Å². The molecule has 0 atom stereocenters.